The molecule has 5 nitrogen and oxygen atoms in total. The summed E-state index contributed by atoms with van der Waals surface area (Å²) in [6, 6.07) is 0. The van der Waals surface area contributed by atoms with Crippen molar-refractivity contribution in [2.45, 2.75) is 64.7 Å². The topological polar surface area (TPSA) is 53.9 Å². The quantitative estimate of drug-likeness (QED) is 0.339. The van der Waals surface area contributed by atoms with E-state index in [0.717, 1.165) is 44.9 Å². The third-order valence-corrected chi connectivity index (χ3v) is 5.27. The van der Waals surface area contributed by atoms with Gasteiger partial charge in [-0.15, -0.1) is 0 Å². The molecule has 1 aliphatic carbocycles. The van der Waals surface area contributed by atoms with Crippen LogP contribution in [-0.2, 0) is 9.53 Å². The van der Waals surface area contributed by atoms with Crippen LogP contribution in [0.5, 0.6) is 0 Å². The molecule has 5 heteroatoms. The van der Waals surface area contributed by atoms with E-state index in [9.17, 15) is 4.79 Å². The zero-order chi connectivity index (χ0) is 16.5. The Balaban J connectivity index is 1.73. The van der Waals surface area contributed by atoms with Crippen molar-refractivity contribution in [1.82, 2.24) is 10.2 Å². The van der Waals surface area contributed by atoms with Gasteiger partial charge in [-0.05, 0) is 44.4 Å². The van der Waals surface area contributed by atoms with Crippen molar-refractivity contribution in [2.75, 3.05) is 33.3 Å². The fraction of sp³-hybridized carbons (Fsp3) is 0.889. The summed E-state index contributed by atoms with van der Waals surface area (Å²) in [7, 11) is 1.45. The van der Waals surface area contributed by atoms with Crippen molar-refractivity contribution in [2.24, 2.45) is 10.4 Å². The number of hydrogen-bond acceptors (Lipinski definition) is 3. The van der Waals surface area contributed by atoms with Crippen LogP contribution in [-0.4, -0.2) is 50.1 Å². The standard InChI is InChI=1S/C18H33N3O2/c1-3-19-17(20-13-8-4-5-9-16(22)23-2)21-14-12-18(15-21)10-6-7-11-18/h3-15H2,1-2H3,(H,19,20). The number of ether oxygens (including phenoxy) is 1. The van der Waals surface area contributed by atoms with Gasteiger partial charge in [-0.2, -0.15) is 0 Å². The molecule has 1 saturated carbocycles. The molecule has 0 unspecified atom stereocenters. The molecule has 132 valence electrons. The molecule has 2 rings (SSSR count). The maximum Gasteiger partial charge on any atom is 0.305 e. The second-order valence-corrected chi connectivity index (χ2v) is 7.00. The minimum absolute atomic E-state index is 0.110. The maximum atomic E-state index is 11.1. The fourth-order valence-corrected chi connectivity index (χ4v) is 3.92. The molecule has 0 aromatic heterocycles. The van der Waals surface area contributed by atoms with Crippen molar-refractivity contribution in [1.29, 1.82) is 0 Å². The Hall–Kier alpha value is -1.26. The molecule has 0 amide bonds. The molecular formula is C18H33N3O2. The summed E-state index contributed by atoms with van der Waals surface area (Å²) in [4.78, 5) is 18.3. The molecule has 0 radical (unpaired) electrons. The minimum Gasteiger partial charge on any atom is -0.469 e. The van der Waals surface area contributed by atoms with E-state index in [2.05, 4.69) is 21.9 Å². The highest BCUT2D eigenvalue weighted by molar-refractivity contribution is 5.80. The summed E-state index contributed by atoms with van der Waals surface area (Å²) >= 11 is 0. The largest absolute Gasteiger partial charge is 0.469 e. The molecule has 2 fully saturated rings. The summed E-state index contributed by atoms with van der Waals surface area (Å²) in [6.07, 6.45) is 10.4. The van der Waals surface area contributed by atoms with E-state index in [1.54, 1.807) is 0 Å². The van der Waals surface area contributed by atoms with Gasteiger partial charge in [0.25, 0.3) is 0 Å². The van der Waals surface area contributed by atoms with Crippen LogP contribution in [0.25, 0.3) is 0 Å². The number of likely N-dealkylation sites (tertiary alicyclic amines) is 1. The number of carbonyl (C=O) groups is 1. The Morgan fingerprint density at radius 1 is 1.22 bits per heavy atom. The molecule has 1 aliphatic heterocycles. The average molecular weight is 323 g/mol. The van der Waals surface area contributed by atoms with Crippen LogP contribution in [0.4, 0.5) is 0 Å². The molecule has 1 heterocycles. The lowest BCUT2D eigenvalue weighted by Gasteiger charge is -2.26. The second kappa shape index (κ2) is 9.14. The van der Waals surface area contributed by atoms with Gasteiger partial charge >= 0.3 is 5.97 Å². The maximum absolute atomic E-state index is 11.1. The van der Waals surface area contributed by atoms with Gasteiger partial charge in [-0.3, -0.25) is 9.79 Å². The molecule has 0 aromatic carbocycles. The predicted molar refractivity (Wildman–Crippen MR) is 93.6 cm³/mol. The Morgan fingerprint density at radius 2 is 2.00 bits per heavy atom. The Kier molecular flexibility index (Phi) is 7.18. The van der Waals surface area contributed by atoms with Gasteiger partial charge in [0.1, 0.15) is 0 Å². The van der Waals surface area contributed by atoms with Gasteiger partial charge in [0.05, 0.1) is 7.11 Å². The highest BCUT2D eigenvalue weighted by Gasteiger charge is 2.40. The van der Waals surface area contributed by atoms with Gasteiger partial charge in [0, 0.05) is 32.6 Å². The number of hydrogen-bond donors (Lipinski definition) is 1. The number of carbonyl (C=O) groups excluding carboxylic acids is 1. The van der Waals surface area contributed by atoms with Gasteiger partial charge in [-0.25, -0.2) is 0 Å². The number of esters is 1. The first-order valence-electron chi connectivity index (χ1n) is 9.29. The van der Waals surface area contributed by atoms with E-state index < -0.39 is 0 Å². The molecule has 0 aromatic rings. The van der Waals surface area contributed by atoms with Crippen LogP contribution in [0.1, 0.15) is 64.7 Å². The molecule has 0 bridgehead atoms. The molecule has 2 aliphatic rings. The van der Waals surface area contributed by atoms with Gasteiger partial charge in [-0.1, -0.05) is 19.3 Å². The van der Waals surface area contributed by atoms with E-state index in [1.165, 1.54) is 45.8 Å². The van der Waals surface area contributed by atoms with Crippen LogP contribution in [0, 0.1) is 5.41 Å². The predicted octanol–water partition coefficient (Wildman–Crippen LogP) is 2.95. The molecule has 1 N–H and O–H groups in total. The highest BCUT2D eigenvalue weighted by atomic mass is 16.5. The lowest BCUT2D eigenvalue weighted by molar-refractivity contribution is -0.140. The van der Waals surface area contributed by atoms with Crippen molar-refractivity contribution >= 4 is 11.9 Å². The molecule has 1 spiro atoms. The summed E-state index contributed by atoms with van der Waals surface area (Å²) in [5.41, 5.74) is 0.580. The Bertz CT molecular complexity index is 403. The number of aliphatic imine (C=N–C) groups is 1. The number of nitrogens with one attached hydrogen (secondary N) is 1. The van der Waals surface area contributed by atoms with Crippen molar-refractivity contribution in [3.05, 3.63) is 0 Å². The summed E-state index contributed by atoms with van der Waals surface area (Å²) in [5, 5.41) is 3.45. The van der Waals surface area contributed by atoms with E-state index in [-0.39, 0.29) is 5.97 Å². The number of unbranched alkanes of at least 4 members (excludes halogenated alkanes) is 2. The molecule has 0 atom stereocenters. The SMILES string of the molecule is CCNC(=NCCCCCC(=O)OC)N1CCC2(CCCC2)C1. The van der Waals surface area contributed by atoms with E-state index in [1.807, 2.05) is 0 Å². The van der Waals surface area contributed by atoms with E-state index >= 15 is 0 Å². The van der Waals surface area contributed by atoms with Crippen LogP contribution in [0.3, 0.4) is 0 Å². The van der Waals surface area contributed by atoms with Gasteiger partial charge in [0.15, 0.2) is 5.96 Å². The lowest BCUT2D eigenvalue weighted by atomic mass is 9.86. The summed E-state index contributed by atoms with van der Waals surface area (Å²) in [6.45, 7) is 6.22. The van der Waals surface area contributed by atoms with Crippen molar-refractivity contribution < 1.29 is 9.53 Å². The Morgan fingerprint density at radius 3 is 2.70 bits per heavy atom. The van der Waals surface area contributed by atoms with Crippen molar-refractivity contribution in [3.8, 4) is 0 Å². The third-order valence-electron chi connectivity index (χ3n) is 5.27. The van der Waals surface area contributed by atoms with Crippen LogP contribution >= 0.6 is 0 Å². The van der Waals surface area contributed by atoms with Crippen LogP contribution < -0.4 is 5.32 Å². The number of guanidine groups is 1. The molecule has 23 heavy (non-hydrogen) atoms. The summed E-state index contributed by atoms with van der Waals surface area (Å²) < 4.78 is 4.66. The normalized spacial score (nSPS) is 20.3. The summed E-state index contributed by atoms with van der Waals surface area (Å²) in [5.74, 6) is 0.977. The van der Waals surface area contributed by atoms with Gasteiger partial charge in [0.2, 0.25) is 0 Å². The van der Waals surface area contributed by atoms with E-state index in [4.69, 9.17) is 4.99 Å². The second-order valence-electron chi connectivity index (χ2n) is 7.00. The number of rotatable bonds is 7. The van der Waals surface area contributed by atoms with Crippen LogP contribution in [0.15, 0.2) is 4.99 Å². The fourth-order valence-electron chi connectivity index (χ4n) is 3.92. The van der Waals surface area contributed by atoms with Crippen LogP contribution in [0.2, 0.25) is 0 Å². The third kappa shape index (κ3) is 5.40. The molecular weight excluding hydrogens is 290 g/mol. The number of nitrogens with zero attached hydrogens (tertiary/aromatic N) is 2. The number of methoxy groups -OCH3 is 1. The zero-order valence-electron chi connectivity index (χ0n) is 14.9. The Labute approximate surface area is 140 Å². The average Bonchev–Trinajstić information content (AvgIpc) is 3.19. The highest BCUT2D eigenvalue weighted by Crippen LogP contribution is 2.45. The first-order valence-corrected chi connectivity index (χ1v) is 9.29. The smallest absolute Gasteiger partial charge is 0.305 e. The molecule has 1 saturated heterocycles. The first-order chi connectivity index (χ1) is 11.2. The van der Waals surface area contributed by atoms with E-state index in [0.29, 0.717) is 11.8 Å². The monoisotopic (exact) mass is 323 g/mol. The van der Waals surface area contributed by atoms with Crippen molar-refractivity contribution in [3.63, 3.8) is 0 Å². The van der Waals surface area contributed by atoms with Gasteiger partial charge < -0.3 is 15.0 Å². The zero-order valence-corrected chi connectivity index (χ0v) is 14.9. The minimum atomic E-state index is -0.110. The first kappa shape index (κ1) is 18.1. The lowest BCUT2D eigenvalue weighted by Crippen LogP contribution is -2.41.